The number of para-hydroxylation sites is 1. The van der Waals surface area contributed by atoms with Gasteiger partial charge in [-0.25, -0.2) is 14.4 Å². The van der Waals surface area contributed by atoms with E-state index < -0.39 is 17.9 Å². The van der Waals surface area contributed by atoms with E-state index in [9.17, 15) is 14.4 Å². The molecule has 0 aliphatic rings. The van der Waals surface area contributed by atoms with Gasteiger partial charge < -0.3 is 20.4 Å². The molecule has 3 aromatic carbocycles. The summed E-state index contributed by atoms with van der Waals surface area (Å²) in [6.07, 6.45) is 0. The Morgan fingerprint density at radius 1 is 0.500 bits per heavy atom. The maximum atomic E-state index is 10.3. The smallest absolute Gasteiger partial charge is 0.339 e. The Hall–Kier alpha value is -4.13. The molecule has 3 rings (SSSR count). The van der Waals surface area contributed by atoms with Crippen LogP contribution in [0.25, 0.3) is 0 Å². The third-order valence-electron chi connectivity index (χ3n) is 3.18. The molecule has 0 radical (unpaired) electrons. The minimum absolute atomic E-state index is 0.0671. The lowest BCUT2D eigenvalue weighted by atomic mass is 10.2. The van der Waals surface area contributed by atoms with E-state index in [2.05, 4.69) is 0 Å². The number of benzene rings is 3. The average molecular weight is 382 g/mol. The summed E-state index contributed by atoms with van der Waals surface area (Å²) in [6.45, 7) is 0. The van der Waals surface area contributed by atoms with Gasteiger partial charge in [-0.3, -0.25) is 0 Å². The summed E-state index contributed by atoms with van der Waals surface area (Å²) >= 11 is 0. The molecule has 0 fully saturated rings. The molecule has 0 saturated carbocycles. The summed E-state index contributed by atoms with van der Waals surface area (Å²) in [6, 6.07) is 22.4. The number of carboxylic acids is 3. The maximum Gasteiger partial charge on any atom is 0.339 e. The second-order valence-corrected chi connectivity index (χ2v) is 5.16. The number of hydrogen-bond donors (Lipinski definition) is 4. The van der Waals surface area contributed by atoms with Crippen molar-refractivity contribution in [3.05, 3.63) is 102 Å². The fourth-order valence-corrected chi connectivity index (χ4v) is 1.82. The van der Waals surface area contributed by atoms with Crippen LogP contribution in [0.15, 0.2) is 84.9 Å². The van der Waals surface area contributed by atoms with E-state index in [1.54, 1.807) is 72.8 Å². The predicted molar refractivity (Wildman–Crippen MR) is 102 cm³/mol. The highest BCUT2D eigenvalue weighted by atomic mass is 16.4. The van der Waals surface area contributed by atoms with E-state index in [1.165, 1.54) is 12.1 Å². The van der Waals surface area contributed by atoms with Crippen LogP contribution in [0.4, 0.5) is 0 Å². The van der Waals surface area contributed by atoms with Crippen LogP contribution in [0.5, 0.6) is 5.75 Å². The molecule has 0 spiro atoms. The van der Waals surface area contributed by atoms with Gasteiger partial charge in [-0.1, -0.05) is 48.5 Å². The summed E-state index contributed by atoms with van der Waals surface area (Å²) in [5.74, 6) is -3.07. The number of carboxylic acid groups (broad SMARTS) is 3. The molecule has 0 bridgehead atoms. The number of hydrogen-bond acceptors (Lipinski definition) is 4. The molecule has 0 atom stereocenters. The molecule has 0 aromatic heterocycles. The summed E-state index contributed by atoms with van der Waals surface area (Å²) in [5, 5.41) is 34.1. The van der Waals surface area contributed by atoms with Gasteiger partial charge in [0.15, 0.2) is 0 Å². The number of aromatic carboxylic acids is 3. The molecule has 7 heteroatoms. The summed E-state index contributed by atoms with van der Waals surface area (Å²) < 4.78 is 0. The number of aromatic hydroxyl groups is 1. The zero-order valence-electron chi connectivity index (χ0n) is 14.6. The quantitative estimate of drug-likeness (QED) is 0.541. The van der Waals surface area contributed by atoms with Gasteiger partial charge >= 0.3 is 17.9 Å². The minimum atomic E-state index is -1.11. The van der Waals surface area contributed by atoms with Crippen LogP contribution in [0.2, 0.25) is 0 Å². The highest BCUT2D eigenvalue weighted by Crippen LogP contribution is 2.14. The van der Waals surface area contributed by atoms with Crippen LogP contribution in [0.3, 0.4) is 0 Å². The lowest BCUT2D eigenvalue weighted by Crippen LogP contribution is -1.95. The SMILES string of the molecule is O=C(O)c1ccccc1.O=C(O)c1ccccc1.O=C(O)c1ccccc1O. The predicted octanol–water partition coefficient (Wildman–Crippen LogP) is 3.86. The Morgan fingerprint density at radius 2 is 0.857 bits per heavy atom. The van der Waals surface area contributed by atoms with Crippen molar-refractivity contribution in [2.24, 2.45) is 0 Å². The highest BCUT2D eigenvalue weighted by molar-refractivity contribution is 5.90. The lowest BCUT2D eigenvalue weighted by molar-refractivity contribution is 0.0683. The first-order chi connectivity index (χ1) is 13.3. The van der Waals surface area contributed by atoms with E-state index in [4.69, 9.17) is 20.4 Å². The van der Waals surface area contributed by atoms with E-state index in [0.717, 1.165) is 0 Å². The van der Waals surface area contributed by atoms with Gasteiger partial charge in [0.25, 0.3) is 0 Å². The molecular weight excluding hydrogens is 364 g/mol. The first kappa shape index (κ1) is 21.9. The van der Waals surface area contributed by atoms with Crippen LogP contribution >= 0.6 is 0 Å². The minimum Gasteiger partial charge on any atom is -0.507 e. The number of rotatable bonds is 3. The van der Waals surface area contributed by atoms with Gasteiger partial charge in [0, 0.05) is 0 Å². The molecule has 0 amide bonds. The Morgan fingerprint density at radius 3 is 1.11 bits per heavy atom. The maximum absolute atomic E-state index is 10.3. The van der Waals surface area contributed by atoms with Crippen molar-refractivity contribution in [1.29, 1.82) is 0 Å². The van der Waals surface area contributed by atoms with Crippen LogP contribution in [0, 0.1) is 0 Å². The van der Waals surface area contributed by atoms with Crippen LogP contribution in [-0.2, 0) is 0 Å². The van der Waals surface area contributed by atoms with Gasteiger partial charge in [-0.2, -0.15) is 0 Å². The molecule has 3 aromatic rings. The Kier molecular flexibility index (Phi) is 8.98. The van der Waals surface area contributed by atoms with Crippen LogP contribution in [-0.4, -0.2) is 38.3 Å². The Labute approximate surface area is 160 Å². The van der Waals surface area contributed by atoms with Gasteiger partial charge in [0.05, 0.1) is 11.1 Å². The molecule has 144 valence electrons. The summed E-state index contributed by atoms with van der Waals surface area (Å²) in [5.41, 5.74) is 0.595. The van der Waals surface area contributed by atoms with Crippen molar-refractivity contribution < 1.29 is 34.8 Å². The van der Waals surface area contributed by atoms with Gasteiger partial charge in [0.1, 0.15) is 11.3 Å². The molecule has 0 unspecified atom stereocenters. The Bertz CT molecular complexity index is 857. The molecule has 0 aliphatic carbocycles. The fraction of sp³-hybridized carbons (Fsp3) is 0. The van der Waals surface area contributed by atoms with Crippen molar-refractivity contribution in [2.45, 2.75) is 0 Å². The molecule has 7 nitrogen and oxygen atoms in total. The first-order valence-corrected chi connectivity index (χ1v) is 7.91. The highest BCUT2D eigenvalue weighted by Gasteiger charge is 2.05. The van der Waals surface area contributed by atoms with Crippen molar-refractivity contribution >= 4 is 17.9 Å². The van der Waals surface area contributed by atoms with Crippen LogP contribution in [0.1, 0.15) is 31.1 Å². The standard InChI is InChI=1S/C7H6O3.2C7H6O2/c8-6-4-2-1-3-5(6)7(9)10;2*8-7(9)6-4-2-1-3-5-6/h1-4,8H,(H,9,10);2*1-5H,(H,8,9). The van der Waals surface area contributed by atoms with Gasteiger partial charge in [-0.05, 0) is 36.4 Å². The van der Waals surface area contributed by atoms with Crippen molar-refractivity contribution in [3.63, 3.8) is 0 Å². The molecular formula is C21H18O7. The van der Waals surface area contributed by atoms with E-state index in [1.807, 2.05) is 0 Å². The largest absolute Gasteiger partial charge is 0.507 e. The average Bonchev–Trinajstić information content (AvgIpc) is 2.70. The topological polar surface area (TPSA) is 132 Å². The van der Waals surface area contributed by atoms with Crippen LogP contribution < -0.4 is 0 Å². The summed E-state index contributed by atoms with van der Waals surface area (Å²) in [4.78, 5) is 30.7. The summed E-state index contributed by atoms with van der Waals surface area (Å²) in [7, 11) is 0. The monoisotopic (exact) mass is 382 g/mol. The lowest BCUT2D eigenvalue weighted by Gasteiger charge is -1.95. The first-order valence-electron chi connectivity index (χ1n) is 7.91. The van der Waals surface area contributed by atoms with E-state index in [-0.39, 0.29) is 11.3 Å². The normalized spacial score (nSPS) is 9.00. The molecule has 4 N–H and O–H groups in total. The second-order valence-electron chi connectivity index (χ2n) is 5.16. The molecule has 0 heterocycles. The van der Waals surface area contributed by atoms with E-state index in [0.29, 0.717) is 11.1 Å². The third kappa shape index (κ3) is 7.83. The zero-order valence-corrected chi connectivity index (χ0v) is 14.6. The molecule has 0 saturated heterocycles. The fourth-order valence-electron chi connectivity index (χ4n) is 1.82. The van der Waals surface area contributed by atoms with Gasteiger partial charge in [-0.15, -0.1) is 0 Å². The van der Waals surface area contributed by atoms with E-state index >= 15 is 0 Å². The second kappa shape index (κ2) is 11.5. The van der Waals surface area contributed by atoms with Crippen molar-refractivity contribution in [1.82, 2.24) is 0 Å². The van der Waals surface area contributed by atoms with Crippen molar-refractivity contribution in [2.75, 3.05) is 0 Å². The van der Waals surface area contributed by atoms with Crippen molar-refractivity contribution in [3.8, 4) is 5.75 Å². The molecule has 0 aliphatic heterocycles. The third-order valence-corrected chi connectivity index (χ3v) is 3.18. The van der Waals surface area contributed by atoms with Gasteiger partial charge in [0.2, 0.25) is 0 Å². The number of phenols is 1. The number of carbonyl (C=O) groups is 3. The molecule has 28 heavy (non-hydrogen) atoms. The zero-order chi connectivity index (χ0) is 20.9. The Balaban J connectivity index is 0.000000210.